The number of ether oxygens (including phenoxy) is 1. The molecule has 0 heterocycles. The van der Waals surface area contributed by atoms with E-state index in [1.54, 1.807) is 24.3 Å². The highest BCUT2D eigenvalue weighted by Crippen LogP contribution is 2.12. The summed E-state index contributed by atoms with van der Waals surface area (Å²) in [4.78, 5) is 23.4. The third-order valence-electron chi connectivity index (χ3n) is 3.06. The van der Waals surface area contributed by atoms with Crippen molar-refractivity contribution in [3.05, 3.63) is 66.2 Å². The molecular formula is C17H18N2O3. The SMILES string of the molecule is NC(=O)[C@H](NC(=O)CCOc1ccccc1)c1ccccc1. The van der Waals surface area contributed by atoms with Gasteiger partial charge in [-0.1, -0.05) is 48.5 Å². The molecule has 114 valence electrons. The van der Waals surface area contributed by atoms with Crippen LogP contribution in [0.3, 0.4) is 0 Å². The molecular weight excluding hydrogens is 280 g/mol. The predicted octanol–water partition coefficient (Wildman–Crippen LogP) is 1.80. The molecule has 0 unspecified atom stereocenters. The third kappa shape index (κ3) is 4.63. The van der Waals surface area contributed by atoms with Gasteiger partial charge < -0.3 is 15.8 Å². The van der Waals surface area contributed by atoms with Crippen LogP contribution in [-0.4, -0.2) is 18.4 Å². The number of carbonyl (C=O) groups excluding carboxylic acids is 2. The maximum absolute atomic E-state index is 11.9. The Hall–Kier alpha value is -2.82. The molecule has 22 heavy (non-hydrogen) atoms. The summed E-state index contributed by atoms with van der Waals surface area (Å²) in [6.07, 6.45) is 0.144. The molecule has 0 saturated heterocycles. The number of nitrogens with one attached hydrogen (secondary N) is 1. The quantitative estimate of drug-likeness (QED) is 0.817. The number of benzene rings is 2. The van der Waals surface area contributed by atoms with Crippen molar-refractivity contribution < 1.29 is 14.3 Å². The van der Waals surface area contributed by atoms with E-state index in [0.717, 1.165) is 0 Å². The van der Waals surface area contributed by atoms with Crippen LogP contribution in [0.15, 0.2) is 60.7 Å². The van der Waals surface area contributed by atoms with Gasteiger partial charge in [-0.25, -0.2) is 0 Å². The van der Waals surface area contributed by atoms with Gasteiger partial charge in [0.25, 0.3) is 0 Å². The van der Waals surface area contributed by atoms with Gasteiger partial charge in [0.05, 0.1) is 13.0 Å². The maximum Gasteiger partial charge on any atom is 0.244 e. The van der Waals surface area contributed by atoms with Gasteiger partial charge in [0.2, 0.25) is 11.8 Å². The van der Waals surface area contributed by atoms with E-state index >= 15 is 0 Å². The summed E-state index contributed by atoms with van der Waals surface area (Å²) in [5, 5.41) is 2.63. The van der Waals surface area contributed by atoms with Crippen LogP contribution in [0.5, 0.6) is 5.75 Å². The van der Waals surface area contributed by atoms with E-state index in [0.29, 0.717) is 11.3 Å². The second-order valence-electron chi connectivity index (χ2n) is 4.73. The zero-order chi connectivity index (χ0) is 15.8. The minimum absolute atomic E-state index is 0.144. The summed E-state index contributed by atoms with van der Waals surface area (Å²) in [6, 6.07) is 17.3. The van der Waals surface area contributed by atoms with Crippen LogP contribution in [0.25, 0.3) is 0 Å². The predicted molar refractivity (Wildman–Crippen MR) is 83.1 cm³/mol. The average molecular weight is 298 g/mol. The molecule has 0 fully saturated rings. The van der Waals surface area contributed by atoms with E-state index in [2.05, 4.69) is 5.32 Å². The minimum Gasteiger partial charge on any atom is -0.493 e. The first-order chi connectivity index (χ1) is 10.7. The Labute approximate surface area is 129 Å². The summed E-state index contributed by atoms with van der Waals surface area (Å²) >= 11 is 0. The monoisotopic (exact) mass is 298 g/mol. The second kappa shape index (κ2) is 7.83. The van der Waals surface area contributed by atoms with Crippen molar-refractivity contribution in [2.45, 2.75) is 12.5 Å². The lowest BCUT2D eigenvalue weighted by Gasteiger charge is -2.16. The average Bonchev–Trinajstić information content (AvgIpc) is 2.54. The van der Waals surface area contributed by atoms with Crippen LogP contribution < -0.4 is 15.8 Å². The van der Waals surface area contributed by atoms with Crippen LogP contribution in [0.2, 0.25) is 0 Å². The Bertz CT molecular complexity index is 614. The van der Waals surface area contributed by atoms with Crippen LogP contribution >= 0.6 is 0 Å². The van der Waals surface area contributed by atoms with Gasteiger partial charge in [-0.3, -0.25) is 9.59 Å². The van der Waals surface area contributed by atoms with Gasteiger partial charge in [-0.2, -0.15) is 0 Å². The highest BCUT2D eigenvalue weighted by Gasteiger charge is 2.19. The topological polar surface area (TPSA) is 81.4 Å². The van der Waals surface area contributed by atoms with E-state index in [-0.39, 0.29) is 18.9 Å². The van der Waals surface area contributed by atoms with E-state index in [9.17, 15) is 9.59 Å². The summed E-state index contributed by atoms with van der Waals surface area (Å²) in [6.45, 7) is 0.232. The number of primary amides is 1. The van der Waals surface area contributed by atoms with Crippen molar-refractivity contribution in [1.82, 2.24) is 5.32 Å². The fourth-order valence-corrected chi connectivity index (χ4v) is 1.98. The first kappa shape index (κ1) is 15.6. The fourth-order valence-electron chi connectivity index (χ4n) is 1.98. The van der Waals surface area contributed by atoms with Gasteiger partial charge in [0.15, 0.2) is 0 Å². The Morgan fingerprint density at radius 3 is 2.18 bits per heavy atom. The van der Waals surface area contributed by atoms with E-state index in [4.69, 9.17) is 10.5 Å². The lowest BCUT2D eigenvalue weighted by molar-refractivity contribution is -0.127. The minimum atomic E-state index is -0.828. The molecule has 5 nitrogen and oxygen atoms in total. The zero-order valence-electron chi connectivity index (χ0n) is 12.1. The van der Waals surface area contributed by atoms with Crippen LogP contribution in [0, 0.1) is 0 Å². The van der Waals surface area contributed by atoms with Crippen molar-refractivity contribution in [3.63, 3.8) is 0 Å². The van der Waals surface area contributed by atoms with Gasteiger partial charge >= 0.3 is 0 Å². The van der Waals surface area contributed by atoms with Crippen LogP contribution in [0.1, 0.15) is 18.0 Å². The molecule has 0 radical (unpaired) electrons. The molecule has 2 amide bonds. The number of para-hydroxylation sites is 1. The normalized spacial score (nSPS) is 11.5. The molecule has 3 N–H and O–H groups in total. The van der Waals surface area contributed by atoms with Crippen molar-refractivity contribution in [3.8, 4) is 5.75 Å². The lowest BCUT2D eigenvalue weighted by Crippen LogP contribution is -2.37. The summed E-state index contributed by atoms with van der Waals surface area (Å²) in [5.74, 6) is -0.183. The molecule has 0 saturated carbocycles. The highest BCUT2D eigenvalue weighted by molar-refractivity contribution is 5.87. The molecule has 0 aliphatic heterocycles. The Kier molecular flexibility index (Phi) is 5.54. The fraction of sp³-hybridized carbons (Fsp3) is 0.176. The van der Waals surface area contributed by atoms with Gasteiger partial charge in [-0.15, -0.1) is 0 Å². The molecule has 0 aliphatic carbocycles. The summed E-state index contributed by atoms with van der Waals surface area (Å²) < 4.78 is 5.45. The number of hydrogen-bond donors (Lipinski definition) is 2. The van der Waals surface area contributed by atoms with E-state index in [1.165, 1.54) is 0 Å². The number of carbonyl (C=O) groups is 2. The number of amides is 2. The van der Waals surface area contributed by atoms with Crippen molar-refractivity contribution in [2.24, 2.45) is 5.73 Å². The molecule has 2 aromatic rings. The molecule has 1 atom stereocenters. The van der Waals surface area contributed by atoms with Gasteiger partial charge in [0, 0.05) is 0 Å². The van der Waals surface area contributed by atoms with E-state index in [1.807, 2.05) is 36.4 Å². The third-order valence-corrected chi connectivity index (χ3v) is 3.06. The molecule has 0 aromatic heterocycles. The first-order valence-corrected chi connectivity index (χ1v) is 6.98. The number of nitrogens with two attached hydrogens (primary N) is 1. The van der Waals surface area contributed by atoms with Gasteiger partial charge in [0.1, 0.15) is 11.8 Å². The molecule has 2 rings (SSSR count). The Morgan fingerprint density at radius 2 is 1.59 bits per heavy atom. The second-order valence-corrected chi connectivity index (χ2v) is 4.73. The Morgan fingerprint density at radius 1 is 1.00 bits per heavy atom. The molecule has 0 spiro atoms. The zero-order valence-corrected chi connectivity index (χ0v) is 12.1. The molecule has 2 aromatic carbocycles. The van der Waals surface area contributed by atoms with Crippen LogP contribution in [-0.2, 0) is 9.59 Å². The Balaban J connectivity index is 1.85. The highest BCUT2D eigenvalue weighted by atomic mass is 16.5. The largest absolute Gasteiger partial charge is 0.493 e. The number of hydrogen-bond acceptors (Lipinski definition) is 3. The summed E-state index contributed by atoms with van der Waals surface area (Å²) in [7, 11) is 0. The first-order valence-electron chi connectivity index (χ1n) is 6.98. The molecule has 0 bridgehead atoms. The number of rotatable bonds is 7. The summed E-state index contributed by atoms with van der Waals surface area (Å²) in [5.41, 5.74) is 6.01. The molecule has 5 heteroatoms. The lowest BCUT2D eigenvalue weighted by atomic mass is 10.1. The van der Waals surface area contributed by atoms with Crippen molar-refractivity contribution in [1.29, 1.82) is 0 Å². The smallest absolute Gasteiger partial charge is 0.244 e. The van der Waals surface area contributed by atoms with Gasteiger partial charge in [-0.05, 0) is 17.7 Å². The van der Waals surface area contributed by atoms with E-state index < -0.39 is 11.9 Å². The van der Waals surface area contributed by atoms with Crippen molar-refractivity contribution >= 4 is 11.8 Å². The van der Waals surface area contributed by atoms with Crippen LogP contribution in [0.4, 0.5) is 0 Å². The standard InChI is InChI=1S/C17H18N2O3/c18-17(21)16(13-7-3-1-4-8-13)19-15(20)11-12-22-14-9-5-2-6-10-14/h1-10,16H,11-12H2,(H2,18,21)(H,19,20)/t16-/m1/s1. The molecule has 0 aliphatic rings. The maximum atomic E-state index is 11.9. The van der Waals surface area contributed by atoms with Crippen molar-refractivity contribution in [2.75, 3.05) is 6.61 Å².